The summed E-state index contributed by atoms with van der Waals surface area (Å²) in [6.07, 6.45) is -4.56. The molecule has 6 aliphatic rings. The molecule has 2 saturated heterocycles. The number of fused-ring (bicyclic) bond motifs is 5. The summed E-state index contributed by atoms with van der Waals surface area (Å²) >= 11 is 0. The van der Waals surface area contributed by atoms with Crippen LogP contribution in [0.3, 0.4) is 0 Å². The van der Waals surface area contributed by atoms with Crippen molar-refractivity contribution in [2.75, 3.05) is 19.8 Å². The molecule has 49 heavy (non-hydrogen) atoms. The average molecular weight is 701 g/mol. The maximum absolute atomic E-state index is 13.2. The van der Waals surface area contributed by atoms with E-state index in [-0.39, 0.29) is 47.0 Å². The summed E-state index contributed by atoms with van der Waals surface area (Å²) in [5.74, 6) is -1.33. The van der Waals surface area contributed by atoms with Crippen LogP contribution in [0, 0.1) is 45.3 Å². The van der Waals surface area contributed by atoms with Crippen molar-refractivity contribution in [3.63, 3.8) is 0 Å². The molecule has 0 aromatic heterocycles. The van der Waals surface area contributed by atoms with Crippen molar-refractivity contribution in [1.29, 1.82) is 0 Å². The van der Waals surface area contributed by atoms with Gasteiger partial charge in [-0.25, -0.2) is 4.79 Å². The third-order valence-corrected chi connectivity index (χ3v) is 15.8. The molecule has 282 valence electrons. The van der Waals surface area contributed by atoms with Gasteiger partial charge in [-0.2, -0.15) is 0 Å². The fraction of sp³-hybridized carbons (Fsp3) is 0.972. The third-order valence-electron chi connectivity index (χ3n) is 15.8. The standard InChI is InChI=1S/C36H60O13/c1-31-11-10-24(48-29-27(43)26(42)25(41)21(15-37)47-29)32(2,16-38)22(31)9-13-34(4)23(31)7-6-18-19(8-12-33(18,34)3)36(30(45)46)14-20(40)28(44)35(5,17-39)49-36/h18-29,37-44H,6-17H2,1-5H3,(H,45,46)/t18?,19-,20-,21+,22+,23+,24-,25+,26-,27+,28-,29-,31-,32+,33+,34+,35-,36-/m0/s1. The van der Waals surface area contributed by atoms with Gasteiger partial charge in [0.1, 0.15) is 36.1 Å². The summed E-state index contributed by atoms with van der Waals surface area (Å²) in [6.45, 7) is 9.09. The van der Waals surface area contributed by atoms with Crippen molar-refractivity contribution in [3.8, 4) is 0 Å². The molecule has 0 bridgehead atoms. The lowest BCUT2D eigenvalue weighted by molar-refractivity contribution is -0.334. The lowest BCUT2D eigenvalue weighted by Gasteiger charge is -2.70. The molecule has 13 heteroatoms. The molecule has 4 saturated carbocycles. The summed E-state index contributed by atoms with van der Waals surface area (Å²) in [4.78, 5) is 13.2. The molecule has 18 atom stereocenters. The summed E-state index contributed by atoms with van der Waals surface area (Å²) in [7, 11) is 0. The largest absolute Gasteiger partial charge is 0.479 e. The molecule has 9 N–H and O–H groups in total. The van der Waals surface area contributed by atoms with E-state index in [9.17, 15) is 50.8 Å². The van der Waals surface area contributed by atoms with E-state index in [2.05, 4.69) is 20.8 Å². The van der Waals surface area contributed by atoms with E-state index in [0.717, 1.165) is 38.5 Å². The Morgan fingerprint density at radius 1 is 0.755 bits per heavy atom. The minimum Gasteiger partial charge on any atom is -0.479 e. The van der Waals surface area contributed by atoms with Gasteiger partial charge in [0.2, 0.25) is 0 Å². The summed E-state index contributed by atoms with van der Waals surface area (Å²) in [5.41, 5.74) is -4.73. The number of aliphatic hydroxyl groups is 8. The summed E-state index contributed by atoms with van der Waals surface area (Å²) in [6, 6.07) is 0. The highest BCUT2D eigenvalue weighted by atomic mass is 16.7. The third kappa shape index (κ3) is 5.15. The maximum Gasteiger partial charge on any atom is 0.336 e. The SMILES string of the molecule is C[C@]12CC[C@H](O[C@@H]3O[C@H](CO)[C@@H](O)[C@H](O)[C@H]3O)[C@](C)(CO)[C@@H]1CC[C@]1(C)[C@@H]2CCC2[C@@H]([C@]3(C(=O)O)C[C@H](O)[C@H](O)[C@](C)(CO)O3)CC[C@]21C. The normalized spacial score (nSPS) is 57.6. The van der Waals surface area contributed by atoms with E-state index in [1.54, 1.807) is 0 Å². The first-order chi connectivity index (χ1) is 22.8. The van der Waals surface area contributed by atoms with Gasteiger partial charge in [0.15, 0.2) is 11.9 Å². The molecule has 1 unspecified atom stereocenters. The zero-order valence-electron chi connectivity index (χ0n) is 29.6. The Bertz CT molecular complexity index is 1250. The van der Waals surface area contributed by atoms with Crippen LogP contribution >= 0.6 is 0 Å². The molecular formula is C36H60O13. The number of rotatable bonds is 7. The van der Waals surface area contributed by atoms with Crippen molar-refractivity contribution in [3.05, 3.63) is 0 Å². The first kappa shape index (κ1) is 37.8. The van der Waals surface area contributed by atoms with E-state index >= 15 is 0 Å². The number of aliphatic hydroxyl groups excluding tert-OH is 8. The second-order valence-corrected chi connectivity index (χ2v) is 17.8. The van der Waals surface area contributed by atoms with E-state index in [4.69, 9.17) is 14.2 Å². The number of carbonyl (C=O) groups is 1. The second-order valence-electron chi connectivity index (χ2n) is 17.8. The van der Waals surface area contributed by atoms with Gasteiger partial charge < -0.3 is 60.2 Å². The minimum absolute atomic E-state index is 0.0227. The van der Waals surface area contributed by atoms with Crippen molar-refractivity contribution >= 4 is 5.97 Å². The van der Waals surface area contributed by atoms with Crippen LogP contribution in [-0.2, 0) is 19.0 Å². The Hall–Kier alpha value is -0.970. The molecule has 2 heterocycles. The van der Waals surface area contributed by atoms with E-state index in [0.29, 0.717) is 12.8 Å². The fourth-order valence-electron chi connectivity index (χ4n) is 12.9. The highest BCUT2D eigenvalue weighted by Gasteiger charge is 2.72. The Morgan fingerprint density at radius 2 is 1.43 bits per heavy atom. The van der Waals surface area contributed by atoms with E-state index in [1.807, 2.05) is 6.92 Å². The van der Waals surface area contributed by atoms with E-state index in [1.165, 1.54) is 6.92 Å². The quantitative estimate of drug-likeness (QED) is 0.166. The van der Waals surface area contributed by atoms with Crippen molar-refractivity contribution < 1.29 is 65.0 Å². The molecule has 0 aromatic carbocycles. The van der Waals surface area contributed by atoms with Crippen LogP contribution in [0.5, 0.6) is 0 Å². The van der Waals surface area contributed by atoms with Crippen molar-refractivity contribution in [1.82, 2.24) is 0 Å². The maximum atomic E-state index is 13.2. The van der Waals surface area contributed by atoms with Gasteiger partial charge in [0, 0.05) is 17.8 Å². The number of hydrogen-bond acceptors (Lipinski definition) is 12. The summed E-state index contributed by atoms with van der Waals surface area (Å²) < 4.78 is 18.4. The van der Waals surface area contributed by atoms with Crippen LogP contribution in [0.25, 0.3) is 0 Å². The first-order valence-corrected chi connectivity index (χ1v) is 18.3. The number of carboxylic acid groups (broad SMARTS) is 1. The van der Waals surface area contributed by atoms with Crippen LogP contribution in [-0.4, -0.2) is 132 Å². The topological polar surface area (TPSA) is 227 Å². The Labute approximate surface area is 288 Å². The first-order valence-electron chi connectivity index (χ1n) is 18.3. The van der Waals surface area contributed by atoms with Gasteiger partial charge in [-0.05, 0) is 92.3 Å². The molecule has 0 amide bonds. The van der Waals surface area contributed by atoms with Crippen molar-refractivity contribution in [2.24, 2.45) is 45.3 Å². The van der Waals surface area contributed by atoms with Gasteiger partial charge >= 0.3 is 5.97 Å². The van der Waals surface area contributed by atoms with Gasteiger partial charge in [-0.1, -0.05) is 27.7 Å². The molecular weight excluding hydrogens is 640 g/mol. The molecule has 0 radical (unpaired) electrons. The zero-order chi connectivity index (χ0) is 36.1. The molecule has 13 nitrogen and oxygen atoms in total. The predicted octanol–water partition coefficient (Wildman–Crippen LogP) is 0.546. The lowest BCUT2D eigenvalue weighted by atomic mass is 9.35. The number of hydrogen-bond donors (Lipinski definition) is 9. The smallest absolute Gasteiger partial charge is 0.336 e. The van der Waals surface area contributed by atoms with Gasteiger partial charge in [-0.3, -0.25) is 0 Å². The molecule has 6 rings (SSSR count). The minimum atomic E-state index is -1.75. The van der Waals surface area contributed by atoms with Gasteiger partial charge in [0.25, 0.3) is 0 Å². The van der Waals surface area contributed by atoms with Crippen LogP contribution in [0.15, 0.2) is 0 Å². The van der Waals surface area contributed by atoms with Crippen LogP contribution in [0.1, 0.15) is 92.4 Å². The lowest BCUT2D eigenvalue weighted by Crippen LogP contribution is -2.69. The number of carboxylic acids is 1. The highest BCUT2D eigenvalue weighted by Crippen LogP contribution is 2.76. The van der Waals surface area contributed by atoms with E-state index < -0.39 is 90.7 Å². The average Bonchev–Trinajstić information content (AvgIpc) is 3.43. The van der Waals surface area contributed by atoms with Crippen molar-refractivity contribution in [2.45, 2.75) is 153 Å². The Balaban J connectivity index is 1.27. The number of aliphatic carboxylic acids is 1. The monoisotopic (exact) mass is 700 g/mol. The van der Waals surface area contributed by atoms with Gasteiger partial charge in [-0.15, -0.1) is 0 Å². The zero-order valence-corrected chi connectivity index (χ0v) is 29.6. The van der Waals surface area contributed by atoms with Gasteiger partial charge in [0.05, 0.1) is 32.0 Å². The van der Waals surface area contributed by atoms with Crippen LogP contribution in [0.2, 0.25) is 0 Å². The Kier molecular flexibility index (Phi) is 9.69. The highest BCUT2D eigenvalue weighted by molar-refractivity contribution is 5.78. The number of ether oxygens (including phenoxy) is 3. The fourth-order valence-corrected chi connectivity index (χ4v) is 12.9. The summed E-state index contributed by atoms with van der Waals surface area (Å²) in [5, 5.41) is 94.7. The molecule has 2 aliphatic heterocycles. The molecule has 0 aromatic rings. The second kappa shape index (κ2) is 12.6. The molecule has 6 fully saturated rings. The van der Waals surface area contributed by atoms with Crippen LogP contribution in [0.4, 0.5) is 0 Å². The molecule has 0 spiro atoms. The van der Waals surface area contributed by atoms with Crippen LogP contribution < -0.4 is 0 Å². The predicted molar refractivity (Wildman–Crippen MR) is 173 cm³/mol. The Morgan fingerprint density at radius 3 is 2.04 bits per heavy atom. The molecule has 4 aliphatic carbocycles.